The van der Waals surface area contributed by atoms with Crippen LogP contribution >= 0.6 is 0 Å². The molecular weight excluding hydrogens is 284 g/mol. The Morgan fingerprint density at radius 2 is 2.00 bits per heavy atom. The maximum Gasteiger partial charge on any atom is 0.293 e. The number of nitrogens with zero attached hydrogens (tertiary/aromatic N) is 4. The Bertz CT molecular complexity index is 674. The van der Waals surface area contributed by atoms with E-state index < -0.39 is 0 Å². The minimum atomic E-state index is -0.159. The molecule has 118 valence electrons. The highest BCUT2D eigenvalue weighted by Gasteiger charge is 2.29. The Kier molecular flexibility index (Phi) is 3.96. The highest BCUT2D eigenvalue weighted by molar-refractivity contribution is 5.93. The number of carbonyl (C=O) groups is 1. The van der Waals surface area contributed by atoms with Gasteiger partial charge in [0.2, 0.25) is 11.7 Å². The average Bonchev–Trinajstić information content (AvgIpc) is 3.10. The number of rotatable bonds is 4. The predicted octanol–water partition coefficient (Wildman–Crippen LogP) is 2.30. The van der Waals surface area contributed by atoms with Crippen molar-refractivity contribution < 1.29 is 13.8 Å². The Morgan fingerprint density at radius 1 is 1.23 bits per heavy atom. The van der Waals surface area contributed by atoms with Gasteiger partial charge in [-0.25, -0.2) is 0 Å². The summed E-state index contributed by atoms with van der Waals surface area (Å²) >= 11 is 0. The zero-order valence-corrected chi connectivity index (χ0v) is 13.1. The van der Waals surface area contributed by atoms with Gasteiger partial charge in [0.15, 0.2) is 5.82 Å². The minimum absolute atomic E-state index is 0.00403. The molecule has 0 saturated heterocycles. The molecule has 3 rings (SSSR count). The zero-order valence-electron chi connectivity index (χ0n) is 13.1. The standard InChI is InChI=1S/C15H20N4O3/c1-9(2)19(8-13-16-10(3)21-18-13)15(20)14-11-6-4-5-7-12(11)17-22-14/h9H,4-8H2,1-3H3. The van der Waals surface area contributed by atoms with Crippen LogP contribution in [0.5, 0.6) is 0 Å². The molecule has 0 aliphatic heterocycles. The van der Waals surface area contributed by atoms with E-state index in [-0.39, 0.29) is 11.9 Å². The van der Waals surface area contributed by atoms with Gasteiger partial charge in [-0.1, -0.05) is 10.3 Å². The van der Waals surface area contributed by atoms with Crippen LogP contribution in [-0.4, -0.2) is 32.1 Å². The maximum atomic E-state index is 12.8. The van der Waals surface area contributed by atoms with Crippen LogP contribution < -0.4 is 0 Å². The molecule has 2 heterocycles. The SMILES string of the molecule is Cc1nc(CN(C(=O)c2onc3c2CCCC3)C(C)C)no1. The molecule has 1 aliphatic rings. The lowest BCUT2D eigenvalue weighted by molar-refractivity contribution is 0.0639. The topological polar surface area (TPSA) is 85.3 Å². The number of fused-ring (bicyclic) bond motifs is 1. The highest BCUT2D eigenvalue weighted by Crippen LogP contribution is 2.25. The molecule has 0 aromatic carbocycles. The van der Waals surface area contributed by atoms with Gasteiger partial charge in [-0.05, 0) is 39.5 Å². The van der Waals surface area contributed by atoms with Crippen molar-refractivity contribution in [1.82, 2.24) is 20.2 Å². The lowest BCUT2D eigenvalue weighted by Crippen LogP contribution is -2.37. The van der Waals surface area contributed by atoms with Gasteiger partial charge in [-0.3, -0.25) is 4.79 Å². The van der Waals surface area contributed by atoms with E-state index >= 15 is 0 Å². The van der Waals surface area contributed by atoms with Crippen molar-refractivity contribution in [2.75, 3.05) is 0 Å². The fourth-order valence-corrected chi connectivity index (χ4v) is 2.74. The summed E-state index contributed by atoms with van der Waals surface area (Å²) in [6.45, 7) is 5.93. The van der Waals surface area contributed by atoms with E-state index in [1.54, 1.807) is 11.8 Å². The second-order valence-electron chi connectivity index (χ2n) is 5.90. The first-order valence-corrected chi connectivity index (χ1v) is 7.64. The van der Waals surface area contributed by atoms with Gasteiger partial charge in [0, 0.05) is 18.5 Å². The third-order valence-corrected chi connectivity index (χ3v) is 3.92. The average molecular weight is 304 g/mol. The molecule has 1 aliphatic carbocycles. The zero-order chi connectivity index (χ0) is 15.7. The largest absolute Gasteiger partial charge is 0.350 e. The van der Waals surface area contributed by atoms with Crippen molar-refractivity contribution in [3.8, 4) is 0 Å². The number of aromatic nitrogens is 3. The second-order valence-corrected chi connectivity index (χ2v) is 5.90. The van der Waals surface area contributed by atoms with E-state index in [9.17, 15) is 4.79 Å². The van der Waals surface area contributed by atoms with Crippen molar-refractivity contribution in [1.29, 1.82) is 0 Å². The van der Waals surface area contributed by atoms with E-state index in [2.05, 4.69) is 15.3 Å². The third-order valence-electron chi connectivity index (χ3n) is 3.92. The summed E-state index contributed by atoms with van der Waals surface area (Å²) < 4.78 is 10.3. The molecular formula is C15H20N4O3. The molecule has 1 amide bonds. The number of amides is 1. The Labute approximate surface area is 128 Å². The fourth-order valence-electron chi connectivity index (χ4n) is 2.74. The number of hydrogen-bond acceptors (Lipinski definition) is 6. The van der Waals surface area contributed by atoms with Gasteiger partial charge < -0.3 is 13.9 Å². The molecule has 0 fully saturated rings. The van der Waals surface area contributed by atoms with E-state index in [0.29, 0.717) is 24.0 Å². The first kappa shape index (κ1) is 14.7. The van der Waals surface area contributed by atoms with E-state index in [0.717, 1.165) is 36.9 Å². The summed E-state index contributed by atoms with van der Waals surface area (Å²) in [7, 11) is 0. The Balaban J connectivity index is 1.85. The summed E-state index contributed by atoms with van der Waals surface area (Å²) in [5.74, 6) is 1.19. The van der Waals surface area contributed by atoms with Crippen LogP contribution in [0.2, 0.25) is 0 Å². The smallest absolute Gasteiger partial charge is 0.293 e. The van der Waals surface area contributed by atoms with E-state index in [1.807, 2.05) is 13.8 Å². The molecule has 0 bridgehead atoms. The summed E-state index contributed by atoms with van der Waals surface area (Å²) in [4.78, 5) is 18.7. The van der Waals surface area contributed by atoms with Gasteiger partial charge in [0.1, 0.15) is 0 Å². The molecule has 7 nitrogen and oxygen atoms in total. The van der Waals surface area contributed by atoms with Crippen LogP contribution in [0.4, 0.5) is 0 Å². The molecule has 0 N–H and O–H groups in total. The van der Waals surface area contributed by atoms with Crippen molar-refractivity contribution >= 4 is 5.91 Å². The second kappa shape index (κ2) is 5.90. The summed E-state index contributed by atoms with van der Waals surface area (Å²) in [6, 6.07) is -0.00403. The van der Waals surface area contributed by atoms with E-state index in [1.165, 1.54) is 0 Å². The minimum Gasteiger partial charge on any atom is -0.350 e. The highest BCUT2D eigenvalue weighted by atomic mass is 16.5. The van der Waals surface area contributed by atoms with Crippen LogP contribution in [0, 0.1) is 6.92 Å². The van der Waals surface area contributed by atoms with Crippen LogP contribution in [0.1, 0.15) is 60.2 Å². The van der Waals surface area contributed by atoms with Gasteiger partial charge in [-0.2, -0.15) is 4.98 Å². The quantitative estimate of drug-likeness (QED) is 0.861. The summed E-state index contributed by atoms with van der Waals surface area (Å²) in [6.07, 6.45) is 3.91. The number of aryl methyl sites for hydroxylation is 2. The lowest BCUT2D eigenvalue weighted by atomic mass is 9.96. The molecule has 2 aromatic heterocycles. The number of hydrogen-bond donors (Lipinski definition) is 0. The molecule has 0 atom stereocenters. The molecule has 0 spiro atoms. The van der Waals surface area contributed by atoms with Crippen LogP contribution in [0.15, 0.2) is 9.05 Å². The first-order valence-electron chi connectivity index (χ1n) is 7.64. The maximum absolute atomic E-state index is 12.8. The molecule has 0 radical (unpaired) electrons. The fraction of sp³-hybridized carbons (Fsp3) is 0.600. The number of carbonyl (C=O) groups excluding carboxylic acids is 1. The lowest BCUT2D eigenvalue weighted by Gasteiger charge is -2.24. The van der Waals surface area contributed by atoms with E-state index in [4.69, 9.17) is 9.05 Å². The van der Waals surface area contributed by atoms with Gasteiger partial charge in [0.25, 0.3) is 5.91 Å². The van der Waals surface area contributed by atoms with Gasteiger partial charge in [-0.15, -0.1) is 0 Å². The van der Waals surface area contributed by atoms with Crippen LogP contribution in [0.25, 0.3) is 0 Å². The Morgan fingerprint density at radius 3 is 2.68 bits per heavy atom. The third kappa shape index (κ3) is 2.75. The molecule has 0 unspecified atom stereocenters. The predicted molar refractivity (Wildman–Crippen MR) is 77.2 cm³/mol. The summed E-state index contributed by atoms with van der Waals surface area (Å²) in [5.41, 5.74) is 1.89. The molecule has 7 heteroatoms. The van der Waals surface area contributed by atoms with Gasteiger partial charge in [0.05, 0.1) is 12.2 Å². The monoisotopic (exact) mass is 304 g/mol. The van der Waals surface area contributed by atoms with Crippen LogP contribution in [0.3, 0.4) is 0 Å². The molecule has 22 heavy (non-hydrogen) atoms. The van der Waals surface area contributed by atoms with Crippen molar-refractivity contribution in [2.45, 2.75) is 59.0 Å². The molecule has 2 aromatic rings. The molecule has 0 saturated carbocycles. The normalized spacial score (nSPS) is 14.2. The summed E-state index contributed by atoms with van der Waals surface area (Å²) in [5, 5.41) is 7.92. The van der Waals surface area contributed by atoms with Crippen LogP contribution in [-0.2, 0) is 19.4 Å². The van der Waals surface area contributed by atoms with Crippen molar-refractivity contribution in [3.05, 3.63) is 28.7 Å². The van der Waals surface area contributed by atoms with Crippen molar-refractivity contribution in [2.24, 2.45) is 0 Å². The first-order chi connectivity index (χ1) is 10.6. The van der Waals surface area contributed by atoms with Crippen molar-refractivity contribution in [3.63, 3.8) is 0 Å². The van der Waals surface area contributed by atoms with Gasteiger partial charge >= 0.3 is 0 Å². The Hall–Kier alpha value is -2.18.